The maximum Gasteiger partial charge on any atom is 0.269 e. The first kappa shape index (κ1) is 12.8. The van der Waals surface area contributed by atoms with Crippen LogP contribution in [0.4, 0.5) is 11.4 Å². The summed E-state index contributed by atoms with van der Waals surface area (Å²) >= 11 is 0. The molecule has 5 heteroatoms. The predicted molar refractivity (Wildman–Crippen MR) is 69.6 cm³/mol. The zero-order valence-electron chi connectivity index (χ0n) is 10.5. The number of nitro groups is 1. The van der Waals surface area contributed by atoms with Gasteiger partial charge in [-0.25, -0.2) is 0 Å². The van der Waals surface area contributed by atoms with Crippen LogP contribution in [0.3, 0.4) is 0 Å². The Hall–Kier alpha value is -1.62. The number of aliphatic hydroxyl groups excluding tert-OH is 1. The molecule has 1 aliphatic rings. The lowest BCUT2D eigenvalue weighted by Crippen LogP contribution is -2.33. The van der Waals surface area contributed by atoms with Gasteiger partial charge in [-0.1, -0.05) is 6.92 Å². The summed E-state index contributed by atoms with van der Waals surface area (Å²) in [6.07, 6.45) is 2.25. The van der Waals surface area contributed by atoms with Gasteiger partial charge in [-0.3, -0.25) is 10.1 Å². The first-order chi connectivity index (χ1) is 8.61. The van der Waals surface area contributed by atoms with Crippen LogP contribution < -0.4 is 4.90 Å². The van der Waals surface area contributed by atoms with Gasteiger partial charge in [0.15, 0.2) is 0 Å². The van der Waals surface area contributed by atoms with Crippen molar-refractivity contribution in [3.63, 3.8) is 0 Å². The number of hydrogen-bond donors (Lipinski definition) is 1. The molecular weight excluding hydrogens is 232 g/mol. The Balaban J connectivity index is 2.24. The van der Waals surface area contributed by atoms with E-state index in [4.69, 9.17) is 0 Å². The predicted octanol–water partition coefficient (Wildman–Crippen LogP) is 2.32. The topological polar surface area (TPSA) is 66.6 Å². The Morgan fingerprint density at radius 3 is 2.67 bits per heavy atom. The Bertz CT molecular complexity index is 440. The molecule has 1 heterocycles. The minimum absolute atomic E-state index is 0.0353. The van der Waals surface area contributed by atoms with E-state index in [1.54, 1.807) is 6.07 Å². The number of rotatable bonds is 3. The number of nitrogens with zero attached hydrogens (tertiary/aromatic N) is 2. The molecule has 0 saturated carbocycles. The molecular formula is C13H18N2O3. The van der Waals surface area contributed by atoms with Gasteiger partial charge in [0.1, 0.15) is 0 Å². The summed E-state index contributed by atoms with van der Waals surface area (Å²) < 4.78 is 0. The van der Waals surface area contributed by atoms with Crippen molar-refractivity contribution in [2.24, 2.45) is 5.92 Å². The molecule has 1 aliphatic heterocycles. The van der Waals surface area contributed by atoms with Crippen molar-refractivity contribution >= 4 is 11.4 Å². The fourth-order valence-electron chi connectivity index (χ4n) is 2.37. The minimum atomic E-state index is -0.429. The van der Waals surface area contributed by atoms with E-state index >= 15 is 0 Å². The molecule has 0 atom stereocenters. The fourth-order valence-corrected chi connectivity index (χ4v) is 2.37. The third-order valence-electron chi connectivity index (χ3n) is 3.57. The van der Waals surface area contributed by atoms with Crippen molar-refractivity contribution < 1.29 is 10.0 Å². The number of non-ortho nitro benzene ring substituents is 1. The van der Waals surface area contributed by atoms with Crippen molar-refractivity contribution in [3.05, 3.63) is 33.9 Å². The van der Waals surface area contributed by atoms with Crippen LogP contribution in [0.2, 0.25) is 0 Å². The number of piperidine rings is 1. The fraction of sp³-hybridized carbons (Fsp3) is 0.538. The molecule has 0 aromatic heterocycles. The first-order valence-electron chi connectivity index (χ1n) is 6.25. The average molecular weight is 250 g/mol. The number of benzene rings is 1. The molecule has 0 unspecified atom stereocenters. The smallest absolute Gasteiger partial charge is 0.269 e. The molecule has 98 valence electrons. The van der Waals surface area contributed by atoms with Crippen molar-refractivity contribution in [1.29, 1.82) is 0 Å². The van der Waals surface area contributed by atoms with Gasteiger partial charge in [0, 0.05) is 36.5 Å². The zero-order chi connectivity index (χ0) is 13.1. The molecule has 0 bridgehead atoms. The third-order valence-corrected chi connectivity index (χ3v) is 3.57. The van der Waals surface area contributed by atoms with Gasteiger partial charge in [-0.2, -0.15) is 0 Å². The summed E-state index contributed by atoms with van der Waals surface area (Å²) in [5.41, 5.74) is 1.60. The van der Waals surface area contributed by atoms with Gasteiger partial charge in [-0.05, 0) is 24.8 Å². The molecule has 0 amide bonds. The summed E-state index contributed by atoms with van der Waals surface area (Å²) in [6, 6.07) is 4.72. The van der Waals surface area contributed by atoms with Crippen molar-refractivity contribution in [1.82, 2.24) is 0 Å². The van der Waals surface area contributed by atoms with Crippen LogP contribution in [0.15, 0.2) is 18.2 Å². The van der Waals surface area contributed by atoms with E-state index in [2.05, 4.69) is 11.8 Å². The molecule has 0 radical (unpaired) electrons. The molecule has 18 heavy (non-hydrogen) atoms. The number of nitro benzene ring substituents is 1. The SMILES string of the molecule is CC1CCN(c2ccc([N+](=O)[O-])cc2CO)CC1. The van der Waals surface area contributed by atoms with Crippen molar-refractivity contribution in [2.45, 2.75) is 26.4 Å². The van der Waals surface area contributed by atoms with E-state index < -0.39 is 4.92 Å². The van der Waals surface area contributed by atoms with Gasteiger partial charge in [0.05, 0.1) is 11.5 Å². The monoisotopic (exact) mass is 250 g/mol. The van der Waals surface area contributed by atoms with Crippen LogP contribution in [0.1, 0.15) is 25.3 Å². The van der Waals surface area contributed by atoms with E-state index in [-0.39, 0.29) is 12.3 Å². The second kappa shape index (κ2) is 5.35. The van der Waals surface area contributed by atoms with E-state index in [1.807, 2.05) is 0 Å². The highest BCUT2D eigenvalue weighted by atomic mass is 16.6. The van der Waals surface area contributed by atoms with Gasteiger partial charge in [-0.15, -0.1) is 0 Å². The maximum absolute atomic E-state index is 10.7. The Kier molecular flexibility index (Phi) is 3.81. The van der Waals surface area contributed by atoms with E-state index in [1.165, 1.54) is 12.1 Å². The second-order valence-electron chi connectivity index (χ2n) is 4.90. The van der Waals surface area contributed by atoms with Crippen LogP contribution in [0.25, 0.3) is 0 Å². The minimum Gasteiger partial charge on any atom is -0.392 e. The van der Waals surface area contributed by atoms with Crippen molar-refractivity contribution in [2.75, 3.05) is 18.0 Å². The highest BCUT2D eigenvalue weighted by molar-refractivity contribution is 5.58. The average Bonchev–Trinajstić information content (AvgIpc) is 2.39. The van der Waals surface area contributed by atoms with Crippen LogP contribution in [-0.2, 0) is 6.61 Å². The molecule has 0 aliphatic carbocycles. The molecule has 1 aromatic carbocycles. The van der Waals surface area contributed by atoms with Gasteiger partial charge in [0.2, 0.25) is 0 Å². The Morgan fingerprint density at radius 2 is 2.11 bits per heavy atom. The van der Waals surface area contributed by atoms with Crippen LogP contribution >= 0.6 is 0 Å². The number of anilines is 1. The van der Waals surface area contributed by atoms with Crippen LogP contribution in [0.5, 0.6) is 0 Å². The Labute approximate surface area is 106 Å². The molecule has 2 rings (SSSR count). The zero-order valence-corrected chi connectivity index (χ0v) is 10.5. The largest absolute Gasteiger partial charge is 0.392 e. The number of aliphatic hydroxyl groups is 1. The standard InChI is InChI=1S/C13H18N2O3/c1-10-4-6-14(7-5-10)13-3-2-12(15(17)18)8-11(13)9-16/h2-3,8,10,16H,4-7,9H2,1H3. The highest BCUT2D eigenvalue weighted by Crippen LogP contribution is 2.29. The third kappa shape index (κ3) is 2.61. The molecule has 5 nitrogen and oxygen atoms in total. The summed E-state index contributed by atoms with van der Waals surface area (Å²) in [7, 11) is 0. The lowest BCUT2D eigenvalue weighted by atomic mass is 9.98. The number of hydrogen-bond acceptors (Lipinski definition) is 4. The van der Waals surface area contributed by atoms with E-state index in [0.29, 0.717) is 5.56 Å². The van der Waals surface area contributed by atoms with Crippen molar-refractivity contribution in [3.8, 4) is 0 Å². The highest BCUT2D eigenvalue weighted by Gasteiger charge is 2.19. The molecule has 1 saturated heterocycles. The molecule has 0 spiro atoms. The van der Waals surface area contributed by atoms with E-state index in [0.717, 1.165) is 37.5 Å². The summed E-state index contributed by atoms with van der Waals surface area (Å²) in [4.78, 5) is 12.5. The Morgan fingerprint density at radius 1 is 1.44 bits per heavy atom. The van der Waals surface area contributed by atoms with Gasteiger partial charge in [0.25, 0.3) is 5.69 Å². The van der Waals surface area contributed by atoms with Gasteiger partial charge >= 0.3 is 0 Å². The molecule has 1 N–H and O–H groups in total. The quantitative estimate of drug-likeness (QED) is 0.660. The summed E-state index contributed by atoms with van der Waals surface area (Å²) in [6.45, 7) is 3.97. The maximum atomic E-state index is 10.7. The summed E-state index contributed by atoms with van der Waals surface area (Å²) in [5, 5.41) is 20.1. The lowest BCUT2D eigenvalue weighted by Gasteiger charge is -2.33. The molecule has 1 fully saturated rings. The lowest BCUT2D eigenvalue weighted by molar-refractivity contribution is -0.384. The van der Waals surface area contributed by atoms with Crippen LogP contribution in [0, 0.1) is 16.0 Å². The first-order valence-corrected chi connectivity index (χ1v) is 6.25. The second-order valence-corrected chi connectivity index (χ2v) is 4.90. The molecule has 1 aromatic rings. The van der Waals surface area contributed by atoms with Gasteiger partial charge < -0.3 is 10.0 Å². The summed E-state index contributed by atoms with van der Waals surface area (Å²) in [5.74, 6) is 0.733. The van der Waals surface area contributed by atoms with E-state index in [9.17, 15) is 15.2 Å². The van der Waals surface area contributed by atoms with Crippen LogP contribution in [-0.4, -0.2) is 23.1 Å². The normalized spacial score (nSPS) is 16.9.